The van der Waals surface area contributed by atoms with Crippen molar-refractivity contribution in [2.75, 3.05) is 24.7 Å². The summed E-state index contributed by atoms with van der Waals surface area (Å²) in [6, 6.07) is 6.40. The maximum absolute atomic E-state index is 12.3. The summed E-state index contributed by atoms with van der Waals surface area (Å²) in [4.78, 5) is 20.7. The number of fused-ring (bicyclic) bond motifs is 1. The third kappa shape index (κ3) is 4.69. The van der Waals surface area contributed by atoms with E-state index < -0.39 is 9.84 Å². The molecule has 0 radical (unpaired) electrons. The van der Waals surface area contributed by atoms with Crippen LogP contribution in [0.4, 0.5) is 5.13 Å². The van der Waals surface area contributed by atoms with Crippen molar-refractivity contribution in [1.82, 2.24) is 9.88 Å². The highest BCUT2D eigenvalue weighted by atomic mass is 32.2. The van der Waals surface area contributed by atoms with Gasteiger partial charge in [0.15, 0.2) is 15.0 Å². The number of aromatic nitrogens is 1. The van der Waals surface area contributed by atoms with Crippen LogP contribution < -0.4 is 5.32 Å². The zero-order valence-electron chi connectivity index (χ0n) is 15.0. The second kappa shape index (κ2) is 7.85. The minimum Gasteiger partial charge on any atom is -0.302 e. The van der Waals surface area contributed by atoms with E-state index in [1.165, 1.54) is 23.3 Å². The summed E-state index contributed by atoms with van der Waals surface area (Å²) < 4.78 is 23.0. The molecule has 1 aromatic heterocycles. The van der Waals surface area contributed by atoms with E-state index in [1.54, 1.807) is 23.5 Å². The normalized spacial score (nSPS) is 14.8. The summed E-state index contributed by atoms with van der Waals surface area (Å²) in [6.45, 7) is 5.19. The second-order valence-electron chi connectivity index (χ2n) is 6.56. The van der Waals surface area contributed by atoms with Gasteiger partial charge in [0.25, 0.3) is 0 Å². The number of nitrogens with one attached hydrogen (secondary N) is 1. The van der Waals surface area contributed by atoms with E-state index in [1.807, 2.05) is 0 Å². The first kappa shape index (κ1) is 19.0. The van der Waals surface area contributed by atoms with Gasteiger partial charge in [-0.05, 0) is 30.7 Å². The van der Waals surface area contributed by atoms with Crippen LogP contribution >= 0.6 is 11.3 Å². The molecule has 0 unspecified atom stereocenters. The van der Waals surface area contributed by atoms with Gasteiger partial charge in [0.1, 0.15) is 0 Å². The van der Waals surface area contributed by atoms with Crippen molar-refractivity contribution in [3.05, 3.63) is 40.4 Å². The van der Waals surface area contributed by atoms with Crippen molar-refractivity contribution in [2.45, 2.75) is 37.6 Å². The number of thiazole rings is 1. The third-order valence-electron chi connectivity index (χ3n) is 4.31. The summed E-state index contributed by atoms with van der Waals surface area (Å²) in [5, 5.41) is 3.52. The molecule has 0 atom stereocenters. The smallest absolute Gasteiger partial charge is 0.230 e. The van der Waals surface area contributed by atoms with Crippen molar-refractivity contribution in [2.24, 2.45) is 0 Å². The Balaban J connectivity index is 1.61. The number of rotatable bonds is 6. The molecule has 2 heterocycles. The number of anilines is 1. The Morgan fingerprint density at radius 3 is 2.69 bits per heavy atom. The molecule has 0 saturated heterocycles. The van der Waals surface area contributed by atoms with Crippen LogP contribution in [0.5, 0.6) is 0 Å². The molecule has 1 aliphatic heterocycles. The number of benzene rings is 1. The Bertz CT molecular complexity index is 889. The van der Waals surface area contributed by atoms with Crippen LogP contribution in [-0.2, 0) is 34.0 Å². The van der Waals surface area contributed by atoms with E-state index in [2.05, 4.69) is 22.1 Å². The summed E-state index contributed by atoms with van der Waals surface area (Å²) in [5.41, 5.74) is 1.86. The first-order valence-electron chi connectivity index (χ1n) is 8.65. The highest BCUT2D eigenvalue weighted by Gasteiger charge is 2.20. The molecule has 0 saturated carbocycles. The first-order valence-corrected chi connectivity index (χ1v) is 11.4. The Morgan fingerprint density at radius 2 is 2.04 bits per heavy atom. The number of nitrogens with zero attached hydrogens (tertiary/aromatic N) is 2. The number of hydrogen-bond donors (Lipinski definition) is 1. The van der Waals surface area contributed by atoms with Gasteiger partial charge in [0, 0.05) is 30.6 Å². The lowest BCUT2D eigenvalue weighted by molar-refractivity contribution is -0.115. The van der Waals surface area contributed by atoms with Gasteiger partial charge in [0.05, 0.1) is 17.0 Å². The van der Waals surface area contributed by atoms with E-state index in [4.69, 9.17) is 0 Å². The molecule has 0 aliphatic carbocycles. The van der Waals surface area contributed by atoms with Crippen molar-refractivity contribution < 1.29 is 13.2 Å². The molecule has 0 fully saturated rings. The van der Waals surface area contributed by atoms with Crippen molar-refractivity contribution >= 4 is 32.2 Å². The van der Waals surface area contributed by atoms with Crippen molar-refractivity contribution in [3.63, 3.8) is 0 Å². The molecule has 1 amide bonds. The Labute approximate surface area is 158 Å². The molecule has 1 aliphatic rings. The van der Waals surface area contributed by atoms with E-state index in [-0.39, 0.29) is 17.2 Å². The topological polar surface area (TPSA) is 79.4 Å². The van der Waals surface area contributed by atoms with Crippen LogP contribution in [0.25, 0.3) is 0 Å². The molecule has 8 heteroatoms. The Morgan fingerprint density at radius 1 is 1.31 bits per heavy atom. The molecule has 0 spiro atoms. The van der Waals surface area contributed by atoms with Crippen LogP contribution in [0.15, 0.2) is 29.2 Å². The van der Waals surface area contributed by atoms with Crippen LogP contribution in [0.2, 0.25) is 0 Å². The molecule has 6 nitrogen and oxygen atoms in total. The number of carbonyl (C=O) groups is 1. The average molecular weight is 394 g/mol. The lowest BCUT2D eigenvalue weighted by Crippen LogP contribution is -2.30. The number of sulfone groups is 1. The molecular weight excluding hydrogens is 370 g/mol. The van der Waals surface area contributed by atoms with Crippen LogP contribution in [0.3, 0.4) is 0 Å². The number of carbonyl (C=O) groups excluding carboxylic acids is 1. The fourth-order valence-electron chi connectivity index (χ4n) is 3.01. The van der Waals surface area contributed by atoms with Crippen LogP contribution in [0, 0.1) is 0 Å². The predicted octanol–water partition coefficient (Wildman–Crippen LogP) is 2.50. The molecule has 1 aromatic carbocycles. The van der Waals surface area contributed by atoms with Gasteiger partial charge < -0.3 is 5.32 Å². The predicted molar refractivity (Wildman–Crippen MR) is 103 cm³/mol. The summed E-state index contributed by atoms with van der Waals surface area (Å²) in [5.74, 6) is -0.145. The summed E-state index contributed by atoms with van der Waals surface area (Å²) in [7, 11) is -3.22. The molecule has 140 valence electrons. The molecular formula is C18H23N3O3S2. The van der Waals surface area contributed by atoms with Crippen molar-refractivity contribution in [3.8, 4) is 0 Å². The zero-order valence-corrected chi connectivity index (χ0v) is 16.6. The maximum Gasteiger partial charge on any atom is 0.230 e. The largest absolute Gasteiger partial charge is 0.302 e. The van der Waals surface area contributed by atoms with E-state index in [9.17, 15) is 13.2 Å². The van der Waals surface area contributed by atoms with Crippen LogP contribution in [-0.4, -0.2) is 43.6 Å². The number of hydrogen-bond acceptors (Lipinski definition) is 6. The minimum absolute atomic E-state index is 0.145. The van der Waals surface area contributed by atoms with Gasteiger partial charge in [0.2, 0.25) is 5.91 Å². The lowest BCUT2D eigenvalue weighted by atomic mass is 10.1. The summed E-state index contributed by atoms with van der Waals surface area (Å²) in [6.07, 6.45) is 3.42. The highest BCUT2D eigenvalue weighted by molar-refractivity contribution is 7.90. The molecule has 1 N–H and O–H groups in total. The average Bonchev–Trinajstić information content (AvgIpc) is 2.96. The Hall–Kier alpha value is -1.77. The first-order chi connectivity index (χ1) is 12.3. The fourth-order valence-corrected chi connectivity index (χ4v) is 4.71. The van der Waals surface area contributed by atoms with Gasteiger partial charge in [-0.3, -0.25) is 9.69 Å². The molecule has 2 aromatic rings. The quantitative estimate of drug-likeness (QED) is 0.816. The Kier molecular flexibility index (Phi) is 5.74. The van der Waals surface area contributed by atoms with Gasteiger partial charge in [-0.1, -0.05) is 19.1 Å². The van der Waals surface area contributed by atoms with Gasteiger partial charge in [-0.15, -0.1) is 11.3 Å². The fraction of sp³-hybridized carbons (Fsp3) is 0.444. The number of amides is 1. The standard InChI is InChI=1S/C18H23N3O3S2/c1-3-9-21-10-8-15-16(12-21)25-18(19-15)20-17(22)11-13-4-6-14(7-5-13)26(2,23)24/h4-7H,3,8-12H2,1-2H3,(H,19,20,22). The highest BCUT2D eigenvalue weighted by Crippen LogP contribution is 2.28. The maximum atomic E-state index is 12.3. The summed E-state index contributed by atoms with van der Waals surface area (Å²) >= 11 is 1.55. The van der Waals surface area contributed by atoms with E-state index >= 15 is 0 Å². The monoisotopic (exact) mass is 393 g/mol. The van der Waals surface area contributed by atoms with Gasteiger partial charge >= 0.3 is 0 Å². The van der Waals surface area contributed by atoms with Gasteiger partial charge in [-0.2, -0.15) is 0 Å². The van der Waals surface area contributed by atoms with Crippen LogP contribution in [0.1, 0.15) is 29.5 Å². The van der Waals surface area contributed by atoms with E-state index in [0.717, 1.165) is 43.7 Å². The van der Waals surface area contributed by atoms with Crippen molar-refractivity contribution in [1.29, 1.82) is 0 Å². The minimum atomic E-state index is -3.22. The second-order valence-corrected chi connectivity index (χ2v) is 9.66. The van der Waals surface area contributed by atoms with E-state index in [0.29, 0.717) is 5.13 Å². The molecule has 3 rings (SSSR count). The van der Waals surface area contributed by atoms with Gasteiger partial charge in [-0.25, -0.2) is 13.4 Å². The SMILES string of the molecule is CCCN1CCc2nc(NC(=O)Cc3ccc(S(C)(=O)=O)cc3)sc2C1. The molecule has 0 bridgehead atoms. The lowest BCUT2D eigenvalue weighted by Gasteiger charge is -2.24. The third-order valence-corrected chi connectivity index (χ3v) is 6.44. The molecule has 26 heavy (non-hydrogen) atoms. The zero-order chi connectivity index (χ0) is 18.7.